The summed E-state index contributed by atoms with van der Waals surface area (Å²) in [6.45, 7) is -1.39. The molecule has 0 amide bonds. The molecule has 1 atom stereocenters. The Morgan fingerprint density at radius 1 is 1.42 bits per heavy atom. The number of alkyl halides is 2. The van der Waals surface area contributed by atoms with Crippen molar-refractivity contribution in [1.29, 1.82) is 0 Å². The fourth-order valence-electron chi connectivity index (χ4n) is 2.53. The molecule has 2 heterocycles. The highest BCUT2D eigenvalue weighted by Crippen LogP contribution is 2.32. The summed E-state index contributed by atoms with van der Waals surface area (Å²) in [5.41, 5.74) is 5.70. The van der Waals surface area contributed by atoms with Crippen molar-refractivity contribution in [2.75, 3.05) is 5.73 Å². The third-order valence-electron chi connectivity index (χ3n) is 4.04. The van der Waals surface area contributed by atoms with Gasteiger partial charge in [0.2, 0.25) is 5.79 Å². The number of hydrogen-bond donors (Lipinski definition) is 4. The minimum absolute atomic E-state index is 0.0132. The van der Waals surface area contributed by atoms with E-state index in [-0.39, 0.29) is 41.9 Å². The molecule has 0 saturated heterocycles. The Kier molecular flexibility index (Phi) is 5.88. The molecule has 0 unspecified atom stereocenters. The van der Waals surface area contributed by atoms with Gasteiger partial charge in [-0.15, -0.1) is 0 Å². The monoisotopic (exact) mass is 370 g/mol. The van der Waals surface area contributed by atoms with Gasteiger partial charge in [0, 0.05) is 18.2 Å². The van der Waals surface area contributed by atoms with Crippen molar-refractivity contribution in [3.05, 3.63) is 30.2 Å². The summed E-state index contributed by atoms with van der Waals surface area (Å²) in [5.74, 6) is -3.92. The number of aromatic nitrogens is 3. The molecule has 0 bridgehead atoms. The van der Waals surface area contributed by atoms with Crippen LogP contribution in [0.25, 0.3) is 11.3 Å². The summed E-state index contributed by atoms with van der Waals surface area (Å²) in [7, 11) is 0. The summed E-state index contributed by atoms with van der Waals surface area (Å²) in [4.78, 5) is 14.7. The third kappa shape index (κ3) is 4.33. The van der Waals surface area contributed by atoms with Crippen LogP contribution in [0.3, 0.4) is 0 Å². The number of nitrogens with zero attached hydrogens (tertiary/aromatic N) is 3. The number of nitrogen functional groups attached to an aromatic ring is 1. The van der Waals surface area contributed by atoms with Crippen LogP contribution in [0.1, 0.15) is 38.4 Å². The van der Waals surface area contributed by atoms with Gasteiger partial charge in [-0.1, -0.05) is 6.92 Å². The predicted molar refractivity (Wildman–Crippen MR) is 87.9 cm³/mol. The van der Waals surface area contributed by atoms with Crippen LogP contribution in [0.2, 0.25) is 0 Å². The Labute approximate surface area is 147 Å². The minimum atomic E-state index is -2.91. The van der Waals surface area contributed by atoms with E-state index in [2.05, 4.69) is 10.1 Å². The van der Waals surface area contributed by atoms with Gasteiger partial charge < -0.3 is 21.1 Å². The van der Waals surface area contributed by atoms with E-state index in [4.69, 9.17) is 10.8 Å². The second-order valence-electron chi connectivity index (χ2n) is 6.05. The van der Waals surface area contributed by atoms with Crippen LogP contribution >= 0.6 is 0 Å². The summed E-state index contributed by atoms with van der Waals surface area (Å²) >= 11 is 0. The quantitative estimate of drug-likeness (QED) is 0.522. The van der Waals surface area contributed by atoms with E-state index in [1.807, 2.05) is 0 Å². The average molecular weight is 370 g/mol. The molecule has 2 rings (SSSR count). The lowest BCUT2D eigenvalue weighted by Gasteiger charge is -2.22. The van der Waals surface area contributed by atoms with Gasteiger partial charge in [-0.05, 0) is 25.0 Å². The highest BCUT2D eigenvalue weighted by atomic mass is 19.3. The van der Waals surface area contributed by atoms with Crippen LogP contribution in [0, 0.1) is 5.92 Å². The largest absolute Gasteiger partial charge is 0.481 e. The molecule has 5 N–H and O–H groups in total. The number of rotatable bonds is 8. The number of carboxylic acid groups (broad SMARTS) is 1. The van der Waals surface area contributed by atoms with Crippen LogP contribution in [0.5, 0.6) is 0 Å². The second kappa shape index (κ2) is 7.75. The Morgan fingerprint density at radius 2 is 2.12 bits per heavy atom. The summed E-state index contributed by atoms with van der Waals surface area (Å²) in [6, 6.07) is 2.64. The van der Waals surface area contributed by atoms with Crippen molar-refractivity contribution in [3.63, 3.8) is 0 Å². The van der Waals surface area contributed by atoms with Crippen molar-refractivity contribution in [3.8, 4) is 11.3 Å². The van der Waals surface area contributed by atoms with Crippen LogP contribution < -0.4 is 5.73 Å². The van der Waals surface area contributed by atoms with Gasteiger partial charge >= 0.3 is 12.5 Å². The number of aliphatic hydroxyl groups is 2. The Hall–Kier alpha value is -2.59. The summed E-state index contributed by atoms with van der Waals surface area (Å²) in [6.07, 6.45) is 2.64. The van der Waals surface area contributed by atoms with Gasteiger partial charge in [0.25, 0.3) is 0 Å². The van der Waals surface area contributed by atoms with Crippen LogP contribution in [0.4, 0.5) is 14.5 Å². The molecular weight excluding hydrogens is 350 g/mol. The van der Waals surface area contributed by atoms with Gasteiger partial charge in [-0.3, -0.25) is 9.78 Å². The number of nitrogens with two attached hydrogens (primary N) is 1. The maximum atomic E-state index is 13.1. The first-order valence-corrected chi connectivity index (χ1v) is 7.89. The maximum absolute atomic E-state index is 13.1. The number of carbonyl (C=O) groups is 1. The molecule has 26 heavy (non-hydrogen) atoms. The molecule has 0 aliphatic heterocycles. The number of aliphatic carboxylic acids is 1. The first-order chi connectivity index (χ1) is 12.1. The molecule has 2 aromatic rings. The highest BCUT2D eigenvalue weighted by molar-refractivity contribution is 5.72. The molecule has 0 aliphatic carbocycles. The molecule has 0 fully saturated rings. The molecule has 0 saturated carbocycles. The number of anilines is 1. The van der Waals surface area contributed by atoms with Gasteiger partial charge in [0.1, 0.15) is 0 Å². The zero-order valence-corrected chi connectivity index (χ0v) is 14.0. The molecule has 2 aromatic heterocycles. The summed E-state index contributed by atoms with van der Waals surface area (Å²) < 4.78 is 26.5. The van der Waals surface area contributed by atoms with E-state index in [1.165, 1.54) is 25.3 Å². The van der Waals surface area contributed by atoms with Crippen molar-refractivity contribution in [2.24, 2.45) is 5.92 Å². The van der Waals surface area contributed by atoms with Gasteiger partial charge in [0.05, 0.1) is 29.2 Å². The smallest absolute Gasteiger partial charge is 0.333 e. The Bertz CT molecular complexity index is 779. The standard InChI is InChI=1S/C16H20F2N4O4/c1-9(14(23)24)3-2-5-16(25,26)12-7-10(4-6-20-12)13-11(19)8-21-22(13)15(17)18/h4,6-9,15,25-26H,2-3,5,19H2,1H3,(H,23,24)/t9-/m1/s1. The number of halogens is 2. The van der Waals surface area contributed by atoms with Crippen molar-refractivity contribution >= 4 is 11.7 Å². The van der Waals surface area contributed by atoms with E-state index in [0.717, 1.165) is 6.20 Å². The van der Waals surface area contributed by atoms with E-state index >= 15 is 0 Å². The van der Waals surface area contributed by atoms with Crippen molar-refractivity contribution in [2.45, 2.75) is 38.5 Å². The molecule has 0 aliphatic rings. The normalized spacial score (nSPS) is 13.2. The first kappa shape index (κ1) is 19.7. The topological polar surface area (TPSA) is 134 Å². The number of pyridine rings is 1. The Balaban J connectivity index is 2.23. The number of hydrogen-bond acceptors (Lipinski definition) is 6. The first-order valence-electron chi connectivity index (χ1n) is 7.89. The average Bonchev–Trinajstić information content (AvgIpc) is 2.96. The lowest BCUT2D eigenvalue weighted by molar-refractivity contribution is -0.179. The fraction of sp³-hybridized carbons (Fsp3) is 0.438. The van der Waals surface area contributed by atoms with Gasteiger partial charge in [-0.2, -0.15) is 13.9 Å². The third-order valence-corrected chi connectivity index (χ3v) is 4.04. The fourth-order valence-corrected chi connectivity index (χ4v) is 2.53. The van der Waals surface area contributed by atoms with Crippen molar-refractivity contribution < 1.29 is 28.9 Å². The van der Waals surface area contributed by atoms with Crippen LogP contribution in [0.15, 0.2) is 24.5 Å². The summed E-state index contributed by atoms with van der Waals surface area (Å²) in [5, 5.41) is 32.9. The predicted octanol–water partition coefficient (Wildman–Crippen LogP) is 1.95. The van der Waals surface area contributed by atoms with E-state index in [9.17, 15) is 23.8 Å². The lowest BCUT2D eigenvalue weighted by Crippen LogP contribution is -2.26. The van der Waals surface area contributed by atoms with Crippen LogP contribution in [-0.2, 0) is 10.6 Å². The molecule has 0 radical (unpaired) electrons. The maximum Gasteiger partial charge on any atom is 0.333 e. The molecule has 0 spiro atoms. The van der Waals surface area contributed by atoms with E-state index in [1.54, 1.807) is 0 Å². The minimum Gasteiger partial charge on any atom is -0.481 e. The van der Waals surface area contributed by atoms with Crippen LogP contribution in [-0.4, -0.2) is 36.1 Å². The van der Waals surface area contributed by atoms with E-state index in [0.29, 0.717) is 4.68 Å². The van der Waals surface area contributed by atoms with Gasteiger partial charge in [0.15, 0.2) is 0 Å². The molecular formula is C16H20F2N4O4. The zero-order valence-electron chi connectivity index (χ0n) is 14.0. The molecule has 0 aromatic carbocycles. The van der Waals surface area contributed by atoms with Crippen molar-refractivity contribution in [1.82, 2.24) is 14.8 Å². The molecule has 142 valence electrons. The SMILES string of the molecule is C[C@H](CCCC(O)(O)c1cc(-c2c(N)cnn2C(F)F)ccn1)C(=O)O. The molecule has 10 heteroatoms. The lowest BCUT2D eigenvalue weighted by atomic mass is 9.98. The Morgan fingerprint density at radius 3 is 2.73 bits per heavy atom. The van der Waals surface area contributed by atoms with Gasteiger partial charge in [-0.25, -0.2) is 4.68 Å². The number of carboxylic acids is 1. The van der Waals surface area contributed by atoms with E-state index < -0.39 is 24.2 Å². The second-order valence-corrected chi connectivity index (χ2v) is 6.05. The molecule has 8 nitrogen and oxygen atoms in total. The highest BCUT2D eigenvalue weighted by Gasteiger charge is 2.29. The zero-order chi connectivity index (χ0) is 19.5.